The lowest BCUT2D eigenvalue weighted by molar-refractivity contribution is -0.128. The molecule has 1 atom stereocenters. The predicted molar refractivity (Wildman–Crippen MR) is 112 cm³/mol. The number of para-hydroxylation sites is 1. The van der Waals surface area contributed by atoms with Crippen molar-refractivity contribution in [2.24, 2.45) is 5.41 Å². The monoisotopic (exact) mass is 370 g/mol. The SMILES string of the molecule is CC1(CO)CN(c2ccccc2)NC1=O.CCN(CC)c1ccc(N)cc1. The van der Waals surface area contributed by atoms with E-state index >= 15 is 0 Å². The fourth-order valence-electron chi connectivity index (χ4n) is 2.88. The Hall–Kier alpha value is -2.73. The van der Waals surface area contributed by atoms with E-state index in [1.165, 1.54) is 5.69 Å². The molecule has 146 valence electrons. The number of aliphatic hydroxyl groups is 1. The number of nitrogens with zero attached hydrogens (tertiary/aromatic N) is 2. The van der Waals surface area contributed by atoms with Gasteiger partial charge in [-0.2, -0.15) is 0 Å². The summed E-state index contributed by atoms with van der Waals surface area (Å²) < 4.78 is 0. The number of amides is 1. The van der Waals surface area contributed by atoms with Crippen molar-refractivity contribution in [3.63, 3.8) is 0 Å². The van der Waals surface area contributed by atoms with E-state index in [0.29, 0.717) is 6.54 Å². The molecule has 1 amide bonds. The second-order valence-corrected chi connectivity index (χ2v) is 6.85. The highest BCUT2D eigenvalue weighted by Gasteiger charge is 2.41. The molecule has 0 spiro atoms. The number of nitrogens with one attached hydrogen (secondary N) is 1. The van der Waals surface area contributed by atoms with Crippen LogP contribution in [0.1, 0.15) is 20.8 Å². The van der Waals surface area contributed by atoms with E-state index in [1.54, 1.807) is 11.9 Å². The molecule has 0 saturated carbocycles. The second kappa shape index (κ2) is 9.28. The molecule has 1 saturated heterocycles. The first-order valence-electron chi connectivity index (χ1n) is 9.28. The van der Waals surface area contributed by atoms with Crippen LogP contribution in [0.3, 0.4) is 0 Å². The minimum absolute atomic E-state index is 0.131. The first-order valence-corrected chi connectivity index (χ1v) is 9.28. The molecule has 6 heteroatoms. The van der Waals surface area contributed by atoms with E-state index in [2.05, 4.69) is 36.3 Å². The lowest BCUT2D eigenvalue weighted by Gasteiger charge is -2.20. The zero-order valence-electron chi connectivity index (χ0n) is 16.4. The molecule has 3 rings (SSSR count). The molecule has 0 radical (unpaired) electrons. The fraction of sp³-hybridized carbons (Fsp3) is 0.381. The molecule has 27 heavy (non-hydrogen) atoms. The van der Waals surface area contributed by atoms with Crippen LogP contribution in [0.25, 0.3) is 0 Å². The van der Waals surface area contributed by atoms with Gasteiger partial charge in [0.2, 0.25) is 5.91 Å². The Morgan fingerprint density at radius 3 is 2.19 bits per heavy atom. The van der Waals surface area contributed by atoms with Gasteiger partial charge in [0.05, 0.1) is 24.3 Å². The highest BCUT2D eigenvalue weighted by Crippen LogP contribution is 2.26. The lowest BCUT2D eigenvalue weighted by atomic mass is 9.92. The molecule has 1 aliphatic rings. The van der Waals surface area contributed by atoms with Gasteiger partial charge in [-0.05, 0) is 57.2 Å². The summed E-state index contributed by atoms with van der Waals surface area (Å²) in [5, 5.41) is 10.9. The predicted octanol–water partition coefficient (Wildman–Crippen LogP) is 2.65. The lowest BCUT2D eigenvalue weighted by Crippen LogP contribution is -2.34. The van der Waals surface area contributed by atoms with Crippen LogP contribution in [0.15, 0.2) is 54.6 Å². The molecule has 0 aromatic heterocycles. The summed E-state index contributed by atoms with van der Waals surface area (Å²) in [6.07, 6.45) is 0. The third-order valence-corrected chi connectivity index (χ3v) is 4.73. The van der Waals surface area contributed by atoms with Crippen molar-refractivity contribution < 1.29 is 9.90 Å². The minimum Gasteiger partial charge on any atom is -0.399 e. The zero-order chi connectivity index (χ0) is 19.9. The third kappa shape index (κ3) is 5.14. The Labute approximate surface area is 161 Å². The number of hydrazine groups is 1. The quantitative estimate of drug-likeness (QED) is 0.705. The Morgan fingerprint density at radius 1 is 1.11 bits per heavy atom. The maximum Gasteiger partial charge on any atom is 0.248 e. The van der Waals surface area contributed by atoms with Crippen molar-refractivity contribution in [2.75, 3.05) is 41.9 Å². The fourth-order valence-corrected chi connectivity index (χ4v) is 2.88. The first-order chi connectivity index (χ1) is 12.9. The first kappa shape index (κ1) is 20.6. The Bertz CT molecular complexity index is 717. The molecule has 2 aromatic rings. The smallest absolute Gasteiger partial charge is 0.248 e. The molecule has 2 aromatic carbocycles. The van der Waals surface area contributed by atoms with Crippen LogP contribution in [0.2, 0.25) is 0 Å². The van der Waals surface area contributed by atoms with Crippen LogP contribution in [0, 0.1) is 5.41 Å². The largest absolute Gasteiger partial charge is 0.399 e. The van der Waals surface area contributed by atoms with Crippen LogP contribution in [-0.2, 0) is 4.79 Å². The molecule has 6 nitrogen and oxygen atoms in total. The number of benzene rings is 2. The van der Waals surface area contributed by atoms with Crippen LogP contribution >= 0.6 is 0 Å². The number of hydrogen-bond acceptors (Lipinski definition) is 5. The molecular formula is C21H30N4O2. The third-order valence-electron chi connectivity index (χ3n) is 4.73. The van der Waals surface area contributed by atoms with Crippen LogP contribution in [0.5, 0.6) is 0 Å². The van der Waals surface area contributed by atoms with Crippen molar-refractivity contribution in [3.8, 4) is 0 Å². The van der Waals surface area contributed by atoms with Crippen molar-refractivity contribution in [3.05, 3.63) is 54.6 Å². The molecule has 4 N–H and O–H groups in total. The standard InChI is InChI=1S/C11H14N2O2.C10H16N2/c1-11(8-14)7-13(12-10(11)15)9-5-3-2-4-6-9;1-3-12(4-2)10-7-5-9(11)6-8-10/h2-6,14H,7-8H2,1H3,(H,12,15);5-8H,3-4,11H2,1-2H3. The maximum absolute atomic E-state index is 11.6. The van der Waals surface area contributed by atoms with Gasteiger partial charge in [-0.3, -0.25) is 15.2 Å². The van der Waals surface area contributed by atoms with Crippen molar-refractivity contribution in [2.45, 2.75) is 20.8 Å². The maximum atomic E-state index is 11.6. The summed E-state index contributed by atoms with van der Waals surface area (Å²) in [7, 11) is 0. The van der Waals surface area contributed by atoms with E-state index in [4.69, 9.17) is 5.73 Å². The highest BCUT2D eigenvalue weighted by atomic mass is 16.3. The number of nitrogen functional groups attached to an aromatic ring is 1. The number of carbonyl (C=O) groups excluding carboxylic acids is 1. The van der Waals surface area contributed by atoms with E-state index < -0.39 is 5.41 Å². The topological polar surface area (TPSA) is 81.8 Å². The average Bonchev–Trinajstić information content (AvgIpc) is 3.01. The number of aliphatic hydroxyl groups excluding tert-OH is 1. The summed E-state index contributed by atoms with van der Waals surface area (Å²) >= 11 is 0. The second-order valence-electron chi connectivity index (χ2n) is 6.85. The summed E-state index contributed by atoms with van der Waals surface area (Å²) in [6, 6.07) is 17.6. The van der Waals surface area contributed by atoms with Gasteiger partial charge in [-0.15, -0.1) is 0 Å². The number of rotatable bonds is 5. The normalized spacial score (nSPS) is 18.5. The van der Waals surface area contributed by atoms with Crippen LogP contribution < -0.4 is 21.1 Å². The van der Waals surface area contributed by atoms with Gasteiger partial charge in [-0.1, -0.05) is 18.2 Å². The van der Waals surface area contributed by atoms with Crippen LogP contribution in [-0.4, -0.2) is 37.3 Å². The summed E-state index contributed by atoms with van der Waals surface area (Å²) in [5.41, 5.74) is 10.6. The minimum atomic E-state index is -0.699. The van der Waals surface area contributed by atoms with Gasteiger partial charge in [0.25, 0.3) is 0 Å². The highest BCUT2D eigenvalue weighted by molar-refractivity contribution is 5.87. The van der Waals surface area contributed by atoms with Gasteiger partial charge in [0.15, 0.2) is 0 Å². The van der Waals surface area contributed by atoms with Crippen LogP contribution in [0.4, 0.5) is 17.1 Å². The van der Waals surface area contributed by atoms with E-state index in [0.717, 1.165) is 24.5 Å². The Kier molecular flexibility index (Phi) is 7.07. The van der Waals surface area contributed by atoms with E-state index in [-0.39, 0.29) is 12.5 Å². The van der Waals surface area contributed by atoms with Crippen molar-refractivity contribution in [1.82, 2.24) is 5.43 Å². The Balaban J connectivity index is 0.000000199. The van der Waals surface area contributed by atoms with E-state index in [1.807, 2.05) is 42.5 Å². The van der Waals surface area contributed by atoms with Gasteiger partial charge in [0, 0.05) is 24.5 Å². The van der Waals surface area contributed by atoms with Crippen molar-refractivity contribution in [1.29, 1.82) is 0 Å². The average molecular weight is 370 g/mol. The molecular weight excluding hydrogens is 340 g/mol. The number of nitrogens with two attached hydrogens (primary N) is 1. The van der Waals surface area contributed by atoms with Gasteiger partial charge in [-0.25, -0.2) is 0 Å². The molecule has 0 aliphatic carbocycles. The van der Waals surface area contributed by atoms with E-state index in [9.17, 15) is 9.90 Å². The molecule has 0 bridgehead atoms. The van der Waals surface area contributed by atoms with Gasteiger partial charge >= 0.3 is 0 Å². The number of carbonyl (C=O) groups is 1. The molecule has 1 heterocycles. The number of hydrogen-bond donors (Lipinski definition) is 3. The molecule has 1 fully saturated rings. The summed E-state index contributed by atoms with van der Waals surface area (Å²) in [6.45, 7) is 8.50. The molecule has 1 aliphatic heterocycles. The van der Waals surface area contributed by atoms with Gasteiger partial charge in [0.1, 0.15) is 0 Å². The summed E-state index contributed by atoms with van der Waals surface area (Å²) in [5.74, 6) is -0.131. The van der Waals surface area contributed by atoms with Crippen molar-refractivity contribution >= 4 is 23.0 Å². The summed E-state index contributed by atoms with van der Waals surface area (Å²) in [4.78, 5) is 13.9. The zero-order valence-corrected chi connectivity index (χ0v) is 16.4. The number of anilines is 3. The van der Waals surface area contributed by atoms with Gasteiger partial charge < -0.3 is 15.7 Å². The Morgan fingerprint density at radius 2 is 1.70 bits per heavy atom. The molecule has 1 unspecified atom stereocenters.